The molecule has 1 fully saturated rings. The summed E-state index contributed by atoms with van der Waals surface area (Å²) in [6.45, 7) is 6.43. The predicted octanol–water partition coefficient (Wildman–Crippen LogP) is 4.12. The van der Waals surface area contributed by atoms with Crippen LogP contribution in [-0.4, -0.2) is 54.4 Å². The molecule has 37 heavy (non-hydrogen) atoms. The second kappa shape index (κ2) is 10.1. The van der Waals surface area contributed by atoms with Crippen LogP contribution in [0, 0.1) is 5.41 Å². The highest BCUT2D eigenvalue weighted by atomic mass is 35.5. The van der Waals surface area contributed by atoms with Gasteiger partial charge in [-0.15, -0.1) is 4.37 Å². The van der Waals surface area contributed by atoms with Crippen LogP contribution >= 0.6 is 22.7 Å². The molecule has 0 aliphatic carbocycles. The number of nitrogens with one attached hydrogen (secondary N) is 2. The van der Waals surface area contributed by atoms with Crippen LogP contribution in [0.4, 0.5) is 11.5 Å². The molecule has 200 valence electrons. The van der Waals surface area contributed by atoms with Crippen LogP contribution in [-0.2, 0) is 10.0 Å². The van der Waals surface area contributed by atoms with Crippen LogP contribution < -0.4 is 10.8 Å². The quantitative estimate of drug-likeness (QED) is 0.217. The van der Waals surface area contributed by atoms with Gasteiger partial charge in [-0.2, -0.15) is 4.31 Å². The number of phenols is 3. The van der Waals surface area contributed by atoms with Gasteiger partial charge >= 0.3 is 0 Å². The molecule has 0 spiro atoms. The minimum absolute atomic E-state index is 0.0103. The monoisotopic (exact) mass is 569 g/mol. The van der Waals surface area contributed by atoms with E-state index in [1.54, 1.807) is 6.07 Å². The molecule has 0 bridgehead atoms. The molecular formula is C23H28ClN5O6S2. The Bertz CT molecular complexity index is 1490. The van der Waals surface area contributed by atoms with E-state index >= 15 is 0 Å². The Labute approximate surface area is 222 Å². The van der Waals surface area contributed by atoms with E-state index in [2.05, 4.69) is 19.1 Å². The molecule has 3 aromatic rings. The summed E-state index contributed by atoms with van der Waals surface area (Å²) in [6, 6.07) is 6.53. The lowest BCUT2D eigenvalue weighted by atomic mass is 9.82. The number of halogens is 1. The first-order valence-corrected chi connectivity index (χ1v) is 14.4. The number of anilines is 2. The molecule has 11 nitrogen and oxygen atoms in total. The smallest absolute Gasteiger partial charge is 0.248 e. The Kier molecular flexibility index (Phi) is 7.45. The summed E-state index contributed by atoms with van der Waals surface area (Å²) in [5.41, 5.74) is 0.197. The van der Waals surface area contributed by atoms with Gasteiger partial charge in [-0.3, -0.25) is 4.99 Å². The van der Waals surface area contributed by atoms with Gasteiger partial charge < -0.3 is 25.2 Å². The number of hydrogen-bond acceptors (Lipinski definition) is 9. The average Bonchev–Trinajstić information content (AvgIpc) is 3.46. The van der Waals surface area contributed by atoms with Gasteiger partial charge in [0.2, 0.25) is 21.3 Å². The average molecular weight is 570 g/mol. The molecule has 2 atom stereocenters. The number of rotatable bonds is 6. The molecule has 2 aromatic carbocycles. The second-order valence-electron chi connectivity index (χ2n) is 9.79. The molecular weight excluding hydrogens is 542 g/mol. The third kappa shape index (κ3) is 5.55. The Hall–Kier alpha value is -2.84. The molecule has 1 unspecified atom stereocenters. The number of H-pyrrole nitrogens is 1. The number of aromatic nitrogens is 2. The molecule has 1 aliphatic rings. The lowest BCUT2D eigenvalue weighted by molar-refractivity contribution is 0.321. The van der Waals surface area contributed by atoms with Gasteiger partial charge in [0.05, 0.1) is 16.8 Å². The van der Waals surface area contributed by atoms with Crippen LogP contribution in [0.25, 0.3) is 0 Å². The zero-order valence-electron chi connectivity index (χ0n) is 20.4. The summed E-state index contributed by atoms with van der Waals surface area (Å²) in [7, 11) is -4.04. The number of hydrogen-bond donors (Lipinski definition) is 5. The summed E-state index contributed by atoms with van der Waals surface area (Å²) in [4.78, 5) is 4.27. The van der Waals surface area contributed by atoms with Crippen molar-refractivity contribution in [2.75, 3.05) is 18.4 Å². The minimum atomic E-state index is -4.04. The van der Waals surface area contributed by atoms with E-state index in [1.165, 1.54) is 28.6 Å². The molecule has 5 N–H and O–H groups in total. The van der Waals surface area contributed by atoms with Crippen molar-refractivity contribution >= 4 is 44.3 Å². The molecule has 0 amide bonds. The van der Waals surface area contributed by atoms with Gasteiger partial charge in [0, 0.05) is 17.5 Å². The number of aromatic hydroxyl groups is 3. The first-order valence-electron chi connectivity index (χ1n) is 11.4. The van der Waals surface area contributed by atoms with Crippen molar-refractivity contribution in [3.63, 3.8) is 0 Å². The Morgan fingerprint density at radius 2 is 1.84 bits per heavy atom. The summed E-state index contributed by atoms with van der Waals surface area (Å²) >= 11 is 4.32. The lowest BCUT2D eigenvalue weighted by Crippen LogP contribution is -2.28. The van der Waals surface area contributed by atoms with Crippen LogP contribution in [0.3, 0.4) is 0 Å². The molecule has 0 radical (unpaired) electrons. The van der Waals surface area contributed by atoms with Crippen LogP contribution in [0.5, 0.6) is 17.2 Å². The first kappa shape index (κ1) is 27.2. The number of sulfonamides is 1. The van der Waals surface area contributed by atoms with Crippen LogP contribution in [0.15, 0.2) is 40.2 Å². The molecule has 4 rings (SSSR count). The summed E-state index contributed by atoms with van der Waals surface area (Å²) < 4.78 is 46.5. The topological polar surface area (TPSA) is 174 Å². The lowest BCUT2D eigenvalue weighted by Gasteiger charge is -2.27. The molecule has 1 saturated heterocycles. The van der Waals surface area contributed by atoms with Gasteiger partial charge in [-0.1, -0.05) is 38.4 Å². The standard InChI is InChI=1S/C23H28ClN5O6S2/c1-23(2,3)20(13-6-9-16(30)17(31)12-13)26-22-21(27-36(33)28-22)25-15-8-7-14(24)19(18(15)32)37(34,35)29-10-4-5-11-29/h6-9,12,20,30-32H,4-5,10-11H2,1-3H3,(H,25,27)(H,26,28)/t20-,36?/m0/s1. The van der Waals surface area contributed by atoms with Gasteiger partial charge in [-0.05, 0) is 48.1 Å². The van der Waals surface area contributed by atoms with Crippen molar-refractivity contribution < 1.29 is 28.3 Å². The maximum absolute atomic E-state index is 13.1. The third-order valence-corrected chi connectivity index (χ3v) is 9.09. The molecule has 14 heteroatoms. The summed E-state index contributed by atoms with van der Waals surface area (Å²) in [5, 5.41) is 33.3. The number of benzene rings is 2. The highest BCUT2D eigenvalue weighted by Gasteiger charge is 2.33. The van der Waals surface area contributed by atoms with Crippen molar-refractivity contribution in [2.24, 2.45) is 10.4 Å². The van der Waals surface area contributed by atoms with Crippen molar-refractivity contribution in [1.29, 1.82) is 0 Å². The fraction of sp³-hybridized carbons (Fsp3) is 0.391. The second-order valence-corrected chi connectivity index (χ2v) is 13.0. The van der Waals surface area contributed by atoms with E-state index in [4.69, 9.17) is 11.6 Å². The van der Waals surface area contributed by atoms with E-state index in [-0.39, 0.29) is 33.5 Å². The normalized spacial score (nSPS) is 16.8. The van der Waals surface area contributed by atoms with Gasteiger partial charge in [0.15, 0.2) is 28.4 Å². The zero-order chi connectivity index (χ0) is 27.1. The van der Waals surface area contributed by atoms with Crippen molar-refractivity contribution in [2.45, 2.75) is 44.6 Å². The van der Waals surface area contributed by atoms with E-state index in [1.807, 2.05) is 20.8 Å². The number of aromatic amines is 1. The molecule has 1 aliphatic heterocycles. The fourth-order valence-corrected chi connectivity index (χ4v) is 6.90. The zero-order valence-corrected chi connectivity index (χ0v) is 22.8. The number of nitrogens with zero attached hydrogens (tertiary/aromatic N) is 3. The predicted molar refractivity (Wildman–Crippen MR) is 139 cm³/mol. The summed E-state index contributed by atoms with van der Waals surface area (Å²) in [6.07, 6.45) is 1.44. The maximum atomic E-state index is 13.1. The van der Waals surface area contributed by atoms with E-state index in [9.17, 15) is 28.3 Å². The van der Waals surface area contributed by atoms with Crippen LogP contribution in [0.2, 0.25) is 5.02 Å². The molecule has 2 heterocycles. The van der Waals surface area contributed by atoms with E-state index in [0.29, 0.717) is 18.7 Å². The van der Waals surface area contributed by atoms with Crippen LogP contribution in [0.1, 0.15) is 45.2 Å². The fourth-order valence-electron chi connectivity index (χ4n) is 4.14. The Balaban J connectivity index is 1.78. The Morgan fingerprint density at radius 1 is 1.16 bits per heavy atom. The third-order valence-electron chi connectivity index (χ3n) is 5.98. The maximum Gasteiger partial charge on any atom is 0.248 e. The Morgan fingerprint density at radius 3 is 2.46 bits per heavy atom. The van der Waals surface area contributed by atoms with E-state index in [0.717, 1.165) is 12.8 Å². The molecule has 0 saturated carbocycles. The largest absolute Gasteiger partial charge is 0.548 e. The van der Waals surface area contributed by atoms with Gasteiger partial charge in [-0.25, -0.2) is 8.42 Å². The van der Waals surface area contributed by atoms with Crippen molar-refractivity contribution in [3.05, 3.63) is 46.4 Å². The van der Waals surface area contributed by atoms with E-state index < -0.39 is 43.3 Å². The highest BCUT2D eigenvalue weighted by molar-refractivity contribution is 7.89. The van der Waals surface area contributed by atoms with Crippen molar-refractivity contribution in [1.82, 2.24) is 13.1 Å². The van der Waals surface area contributed by atoms with Gasteiger partial charge in [0.25, 0.3) is 0 Å². The van der Waals surface area contributed by atoms with Crippen molar-refractivity contribution in [3.8, 4) is 17.2 Å². The summed E-state index contributed by atoms with van der Waals surface area (Å²) in [5.74, 6) is -1.15. The highest BCUT2D eigenvalue weighted by Crippen LogP contribution is 2.41. The SMILES string of the molecule is CC(C)(C)[C@@H](N=c1[nH][s+]([O-])nc1Nc1ccc(Cl)c(S(=O)(=O)N2CCCC2)c1O)c1ccc(O)c(O)c1. The number of phenolic OH excluding ortho intramolecular Hbond substituents is 3. The molecule has 1 aromatic heterocycles. The van der Waals surface area contributed by atoms with Gasteiger partial charge in [0.1, 0.15) is 4.90 Å². The first-order chi connectivity index (χ1) is 17.3. The minimum Gasteiger partial charge on any atom is -0.548 e.